The molecule has 6 heteroatoms. The van der Waals surface area contributed by atoms with Gasteiger partial charge in [-0.1, -0.05) is 13.3 Å². The van der Waals surface area contributed by atoms with E-state index in [-0.39, 0.29) is 17.6 Å². The summed E-state index contributed by atoms with van der Waals surface area (Å²) < 4.78 is 25.8. The highest BCUT2D eigenvalue weighted by molar-refractivity contribution is 7.89. The Kier molecular flexibility index (Phi) is 6.08. The van der Waals surface area contributed by atoms with E-state index in [0.717, 1.165) is 19.3 Å². The number of rotatable bonds is 7. The van der Waals surface area contributed by atoms with Crippen molar-refractivity contribution in [3.05, 3.63) is 0 Å². The molecule has 1 aliphatic carbocycles. The van der Waals surface area contributed by atoms with Crippen LogP contribution in [0.3, 0.4) is 0 Å². The van der Waals surface area contributed by atoms with Crippen LogP contribution in [0.2, 0.25) is 0 Å². The van der Waals surface area contributed by atoms with Gasteiger partial charge in [0.25, 0.3) is 0 Å². The van der Waals surface area contributed by atoms with Gasteiger partial charge in [-0.2, -0.15) is 0 Å². The number of sulfonamides is 1. The predicted octanol–water partition coefficient (Wildman–Crippen LogP) is 1.60. The Hall–Kier alpha value is -0.620. The van der Waals surface area contributed by atoms with Crippen molar-refractivity contribution in [1.29, 1.82) is 0 Å². The molecule has 1 saturated carbocycles. The number of carboxylic acid groups (broad SMARTS) is 1. The molecule has 0 radical (unpaired) electrons. The summed E-state index contributed by atoms with van der Waals surface area (Å²) in [7, 11) is -3.14. The summed E-state index contributed by atoms with van der Waals surface area (Å²) >= 11 is 0. The summed E-state index contributed by atoms with van der Waals surface area (Å²) in [5.74, 6) is -0.486. The smallest absolute Gasteiger partial charge is 0.306 e. The maximum absolute atomic E-state index is 11.6. The zero-order valence-electron chi connectivity index (χ0n) is 10.9. The lowest BCUT2D eigenvalue weighted by molar-refractivity contribution is -0.143. The van der Waals surface area contributed by atoms with Gasteiger partial charge in [0, 0.05) is 6.54 Å². The second-order valence-electron chi connectivity index (χ2n) is 5.08. The summed E-state index contributed by atoms with van der Waals surface area (Å²) in [6.45, 7) is 2.42. The van der Waals surface area contributed by atoms with E-state index in [1.807, 2.05) is 6.92 Å². The number of hydrogen-bond acceptors (Lipinski definition) is 3. The number of aliphatic carboxylic acids is 1. The average molecular weight is 277 g/mol. The van der Waals surface area contributed by atoms with Crippen LogP contribution in [0.4, 0.5) is 0 Å². The Balaban J connectivity index is 2.27. The first-order chi connectivity index (χ1) is 8.44. The minimum absolute atomic E-state index is 0.188. The van der Waals surface area contributed by atoms with Crippen molar-refractivity contribution in [2.45, 2.75) is 45.4 Å². The van der Waals surface area contributed by atoms with E-state index < -0.39 is 16.0 Å². The summed E-state index contributed by atoms with van der Waals surface area (Å²) in [6, 6.07) is 0. The molecule has 0 heterocycles. The molecule has 0 atom stereocenters. The van der Waals surface area contributed by atoms with Crippen LogP contribution < -0.4 is 4.72 Å². The lowest BCUT2D eigenvalue weighted by Crippen LogP contribution is -2.33. The number of hydrogen-bond donors (Lipinski definition) is 2. The summed E-state index contributed by atoms with van der Waals surface area (Å²) in [4.78, 5) is 10.8. The molecule has 0 bridgehead atoms. The molecule has 0 aliphatic heterocycles. The molecular formula is C12H23NO4S. The molecule has 2 N–H and O–H groups in total. The van der Waals surface area contributed by atoms with E-state index in [2.05, 4.69) is 4.72 Å². The highest BCUT2D eigenvalue weighted by Crippen LogP contribution is 2.28. The fourth-order valence-corrected chi connectivity index (χ4v) is 3.57. The van der Waals surface area contributed by atoms with Gasteiger partial charge < -0.3 is 5.11 Å². The molecule has 0 unspecified atom stereocenters. The second-order valence-corrected chi connectivity index (χ2v) is 7.00. The molecule has 18 heavy (non-hydrogen) atoms. The van der Waals surface area contributed by atoms with E-state index in [4.69, 9.17) is 5.11 Å². The molecule has 1 fully saturated rings. The molecule has 0 aromatic rings. The number of carboxylic acids is 1. The molecule has 0 aromatic heterocycles. The van der Waals surface area contributed by atoms with E-state index in [1.165, 1.54) is 0 Å². The Labute approximate surface area is 109 Å². The van der Waals surface area contributed by atoms with Crippen molar-refractivity contribution < 1.29 is 18.3 Å². The van der Waals surface area contributed by atoms with Gasteiger partial charge >= 0.3 is 5.97 Å². The molecular weight excluding hydrogens is 254 g/mol. The van der Waals surface area contributed by atoms with Gasteiger partial charge in [0.05, 0.1) is 11.7 Å². The van der Waals surface area contributed by atoms with Crippen molar-refractivity contribution in [1.82, 2.24) is 4.72 Å². The largest absolute Gasteiger partial charge is 0.481 e. The van der Waals surface area contributed by atoms with Crippen LogP contribution in [0.1, 0.15) is 45.4 Å². The van der Waals surface area contributed by atoms with Crippen LogP contribution in [0.15, 0.2) is 0 Å². The number of unbranched alkanes of at least 4 members (excludes halogenated alkanes) is 1. The van der Waals surface area contributed by atoms with E-state index >= 15 is 0 Å². The van der Waals surface area contributed by atoms with Gasteiger partial charge in [0.2, 0.25) is 10.0 Å². The minimum atomic E-state index is -3.14. The van der Waals surface area contributed by atoms with E-state index in [0.29, 0.717) is 25.8 Å². The third kappa shape index (κ3) is 5.35. The van der Waals surface area contributed by atoms with Gasteiger partial charge in [-0.05, 0) is 38.0 Å². The maximum atomic E-state index is 11.6. The topological polar surface area (TPSA) is 83.5 Å². The molecule has 0 aromatic carbocycles. The van der Waals surface area contributed by atoms with Crippen LogP contribution in [0.5, 0.6) is 0 Å². The molecule has 1 rings (SSSR count). The van der Waals surface area contributed by atoms with Crippen molar-refractivity contribution in [2.24, 2.45) is 11.8 Å². The standard InChI is InChI=1S/C12H23NO4S/c1-2-3-8-18(16,17)13-9-10-4-6-11(7-5-10)12(14)15/h10-11,13H,2-9H2,1H3,(H,14,15). The Morgan fingerprint density at radius 1 is 1.28 bits per heavy atom. The lowest BCUT2D eigenvalue weighted by atomic mass is 9.82. The normalized spacial score (nSPS) is 24.9. The lowest BCUT2D eigenvalue weighted by Gasteiger charge is -2.26. The van der Waals surface area contributed by atoms with Crippen LogP contribution in [-0.4, -0.2) is 31.8 Å². The zero-order chi connectivity index (χ0) is 13.6. The highest BCUT2D eigenvalue weighted by Gasteiger charge is 2.26. The summed E-state index contributed by atoms with van der Waals surface area (Å²) in [6.07, 6.45) is 4.47. The third-order valence-corrected chi connectivity index (χ3v) is 4.99. The quantitative estimate of drug-likeness (QED) is 0.740. The van der Waals surface area contributed by atoms with Crippen LogP contribution >= 0.6 is 0 Å². The van der Waals surface area contributed by atoms with E-state index in [9.17, 15) is 13.2 Å². The Bertz CT molecular complexity index is 358. The second kappa shape index (κ2) is 7.09. The third-order valence-electron chi connectivity index (χ3n) is 3.55. The van der Waals surface area contributed by atoms with Gasteiger partial charge in [0.1, 0.15) is 0 Å². The van der Waals surface area contributed by atoms with E-state index in [1.54, 1.807) is 0 Å². The first kappa shape index (κ1) is 15.4. The average Bonchev–Trinajstić information content (AvgIpc) is 2.35. The molecule has 1 aliphatic rings. The minimum Gasteiger partial charge on any atom is -0.481 e. The van der Waals surface area contributed by atoms with Crippen molar-refractivity contribution >= 4 is 16.0 Å². The van der Waals surface area contributed by atoms with Crippen LogP contribution in [0, 0.1) is 11.8 Å². The van der Waals surface area contributed by atoms with Gasteiger partial charge in [0.15, 0.2) is 0 Å². The van der Waals surface area contributed by atoms with Crippen molar-refractivity contribution in [3.63, 3.8) is 0 Å². The number of carbonyl (C=O) groups is 1. The fourth-order valence-electron chi connectivity index (χ4n) is 2.26. The Morgan fingerprint density at radius 3 is 2.39 bits per heavy atom. The highest BCUT2D eigenvalue weighted by atomic mass is 32.2. The predicted molar refractivity (Wildman–Crippen MR) is 69.8 cm³/mol. The zero-order valence-corrected chi connectivity index (χ0v) is 11.7. The first-order valence-electron chi connectivity index (χ1n) is 6.64. The Morgan fingerprint density at radius 2 is 1.89 bits per heavy atom. The molecule has 106 valence electrons. The molecule has 0 amide bonds. The van der Waals surface area contributed by atoms with Gasteiger partial charge in [-0.3, -0.25) is 4.79 Å². The van der Waals surface area contributed by atoms with Crippen LogP contribution in [0.25, 0.3) is 0 Å². The maximum Gasteiger partial charge on any atom is 0.306 e. The van der Waals surface area contributed by atoms with Crippen LogP contribution in [-0.2, 0) is 14.8 Å². The summed E-state index contributed by atoms with van der Waals surface area (Å²) in [5.41, 5.74) is 0. The van der Waals surface area contributed by atoms with Gasteiger partial charge in [-0.15, -0.1) is 0 Å². The first-order valence-corrected chi connectivity index (χ1v) is 8.30. The van der Waals surface area contributed by atoms with Crippen molar-refractivity contribution in [3.8, 4) is 0 Å². The van der Waals surface area contributed by atoms with Gasteiger partial charge in [-0.25, -0.2) is 13.1 Å². The molecule has 0 spiro atoms. The van der Waals surface area contributed by atoms with Crippen molar-refractivity contribution in [2.75, 3.05) is 12.3 Å². The SMILES string of the molecule is CCCCS(=O)(=O)NCC1CCC(C(=O)O)CC1. The summed E-state index contributed by atoms with van der Waals surface area (Å²) in [5, 5.41) is 8.87. The number of nitrogens with one attached hydrogen (secondary N) is 1. The molecule has 0 saturated heterocycles. The molecule has 5 nitrogen and oxygen atoms in total. The monoisotopic (exact) mass is 277 g/mol. The fraction of sp³-hybridized carbons (Fsp3) is 0.917.